The molecule has 1 heterocycles. The molecule has 4 nitrogen and oxygen atoms in total. The average Bonchev–Trinajstić information content (AvgIpc) is 2.64. The maximum absolute atomic E-state index is 10.1. The van der Waals surface area contributed by atoms with Gasteiger partial charge >= 0.3 is 0 Å². The number of aliphatic hydroxyl groups is 1. The van der Waals surface area contributed by atoms with Gasteiger partial charge in [-0.15, -0.1) is 0 Å². The Morgan fingerprint density at radius 3 is 2.44 bits per heavy atom. The monoisotopic (exact) mass is 253 g/mol. The summed E-state index contributed by atoms with van der Waals surface area (Å²) in [6.45, 7) is 9.51. The van der Waals surface area contributed by atoms with Crippen molar-refractivity contribution >= 4 is 0 Å². The number of rotatable bonds is 7. The van der Waals surface area contributed by atoms with Gasteiger partial charge in [-0.3, -0.25) is 4.68 Å². The normalized spacial score (nSPS) is 14.8. The summed E-state index contributed by atoms with van der Waals surface area (Å²) in [7, 11) is 0. The van der Waals surface area contributed by atoms with Crippen LogP contribution < -0.4 is 5.73 Å². The van der Waals surface area contributed by atoms with Crippen LogP contribution in [0.25, 0.3) is 0 Å². The van der Waals surface area contributed by atoms with E-state index in [-0.39, 0.29) is 0 Å². The molecule has 0 spiro atoms. The van der Waals surface area contributed by atoms with Crippen molar-refractivity contribution in [2.45, 2.75) is 65.5 Å². The molecule has 0 radical (unpaired) electrons. The summed E-state index contributed by atoms with van der Waals surface area (Å²) in [5, 5.41) is 14.7. The van der Waals surface area contributed by atoms with Gasteiger partial charge in [0.2, 0.25) is 0 Å². The van der Waals surface area contributed by atoms with E-state index in [2.05, 4.69) is 30.6 Å². The lowest BCUT2D eigenvalue weighted by Gasteiger charge is -2.24. The lowest BCUT2D eigenvalue weighted by molar-refractivity contribution is 0.0331. The predicted molar refractivity (Wildman–Crippen MR) is 74.6 cm³/mol. The summed E-state index contributed by atoms with van der Waals surface area (Å²) in [5.74, 6) is 0. The Kier molecular flexibility index (Phi) is 5.35. The number of hydrogen-bond acceptors (Lipinski definition) is 3. The third-order valence-electron chi connectivity index (χ3n) is 3.94. The third-order valence-corrected chi connectivity index (χ3v) is 3.94. The maximum atomic E-state index is 10.1. The molecule has 0 aliphatic carbocycles. The van der Waals surface area contributed by atoms with Crippen LogP contribution in [-0.2, 0) is 13.0 Å². The highest BCUT2D eigenvalue weighted by atomic mass is 16.3. The van der Waals surface area contributed by atoms with Gasteiger partial charge in [-0.2, -0.15) is 5.10 Å². The van der Waals surface area contributed by atoms with Crippen LogP contribution >= 0.6 is 0 Å². The van der Waals surface area contributed by atoms with E-state index >= 15 is 0 Å². The van der Waals surface area contributed by atoms with E-state index < -0.39 is 5.60 Å². The van der Waals surface area contributed by atoms with Crippen LogP contribution in [0.3, 0.4) is 0 Å². The van der Waals surface area contributed by atoms with Crippen LogP contribution in [0.15, 0.2) is 0 Å². The lowest BCUT2D eigenvalue weighted by atomic mass is 9.95. The first-order chi connectivity index (χ1) is 8.47. The SMILES string of the molecule is CCc1c(C)nn(CCCC(O)(CC)CN)c1C. The molecular formula is C14H27N3O. The first kappa shape index (κ1) is 15.2. The number of aromatic nitrogens is 2. The van der Waals surface area contributed by atoms with E-state index in [0.29, 0.717) is 13.0 Å². The second-order valence-corrected chi connectivity index (χ2v) is 5.11. The molecule has 3 N–H and O–H groups in total. The summed E-state index contributed by atoms with van der Waals surface area (Å²) in [6, 6.07) is 0. The molecule has 1 unspecified atom stereocenters. The van der Waals surface area contributed by atoms with Crippen LogP contribution in [0.1, 0.15) is 50.1 Å². The highest BCUT2D eigenvalue weighted by molar-refractivity contribution is 5.24. The Balaban J connectivity index is 2.59. The van der Waals surface area contributed by atoms with Crippen molar-refractivity contribution in [1.82, 2.24) is 9.78 Å². The molecule has 4 heteroatoms. The molecular weight excluding hydrogens is 226 g/mol. The van der Waals surface area contributed by atoms with Gasteiger partial charge in [0.15, 0.2) is 0 Å². The van der Waals surface area contributed by atoms with E-state index in [1.165, 1.54) is 11.3 Å². The van der Waals surface area contributed by atoms with Gasteiger partial charge in [0.25, 0.3) is 0 Å². The van der Waals surface area contributed by atoms with E-state index in [1.807, 2.05) is 6.92 Å². The van der Waals surface area contributed by atoms with Crippen molar-refractivity contribution in [1.29, 1.82) is 0 Å². The Labute approximate surface area is 110 Å². The molecule has 1 rings (SSSR count). The second kappa shape index (κ2) is 6.34. The molecule has 1 atom stereocenters. The van der Waals surface area contributed by atoms with Crippen LogP contribution in [-0.4, -0.2) is 27.0 Å². The van der Waals surface area contributed by atoms with E-state index in [1.54, 1.807) is 0 Å². The third kappa shape index (κ3) is 3.33. The summed E-state index contributed by atoms with van der Waals surface area (Å²) in [5.41, 5.74) is 8.62. The number of nitrogens with two attached hydrogens (primary N) is 1. The first-order valence-electron chi connectivity index (χ1n) is 6.92. The van der Waals surface area contributed by atoms with Gasteiger partial charge in [-0.25, -0.2) is 0 Å². The predicted octanol–water partition coefficient (Wildman–Crippen LogP) is 1.94. The zero-order valence-electron chi connectivity index (χ0n) is 12.2. The highest BCUT2D eigenvalue weighted by Gasteiger charge is 2.22. The van der Waals surface area contributed by atoms with Crippen molar-refractivity contribution in [2.24, 2.45) is 5.73 Å². The molecule has 18 heavy (non-hydrogen) atoms. The molecule has 0 aliphatic heterocycles. The van der Waals surface area contributed by atoms with Crippen molar-refractivity contribution in [3.63, 3.8) is 0 Å². The summed E-state index contributed by atoms with van der Waals surface area (Å²) in [4.78, 5) is 0. The van der Waals surface area contributed by atoms with Crippen molar-refractivity contribution in [3.8, 4) is 0 Å². The van der Waals surface area contributed by atoms with E-state index in [9.17, 15) is 5.11 Å². The number of nitrogens with zero attached hydrogens (tertiary/aromatic N) is 2. The molecule has 0 aromatic carbocycles. The molecule has 1 aromatic rings. The molecule has 0 saturated carbocycles. The standard InChI is InChI=1S/C14H27N3O/c1-5-13-11(3)16-17(12(13)4)9-7-8-14(18,6-2)10-15/h18H,5-10,15H2,1-4H3. The number of hydrogen-bond donors (Lipinski definition) is 2. The zero-order valence-corrected chi connectivity index (χ0v) is 12.2. The highest BCUT2D eigenvalue weighted by Crippen LogP contribution is 2.18. The minimum absolute atomic E-state index is 0.334. The van der Waals surface area contributed by atoms with E-state index in [4.69, 9.17) is 5.73 Å². The Morgan fingerprint density at radius 2 is 2.00 bits per heavy atom. The minimum Gasteiger partial charge on any atom is -0.389 e. The first-order valence-corrected chi connectivity index (χ1v) is 6.92. The number of aryl methyl sites for hydroxylation is 2. The zero-order chi connectivity index (χ0) is 13.8. The summed E-state index contributed by atoms with van der Waals surface area (Å²) in [6.07, 6.45) is 3.38. The van der Waals surface area contributed by atoms with Gasteiger partial charge in [0, 0.05) is 18.8 Å². The van der Waals surface area contributed by atoms with Gasteiger partial charge in [0.1, 0.15) is 0 Å². The van der Waals surface area contributed by atoms with Gasteiger partial charge in [-0.05, 0) is 45.1 Å². The van der Waals surface area contributed by atoms with Crippen LogP contribution in [0.2, 0.25) is 0 Å². The maximum Gasteiger partial charge on any atom is 0.0767 e. The largest absolute Gasteiger partial charge is 0.389 e. The van der Waals surface area contributed by atoms with Gasteiger partial charge < -0.3 is 10.8 Å². The molecule has 1 aromatic heterocycles. The molecule has 0 saturated heterocycles. The topological polar surface area (TPSA) is 64.1 Å². The molecule has 0 fully saturated rings. The lowest BCUT2D eigenvalue weighted by Crippen LogP contribution is -2.37. The van der Waals surface area contributed by atoms with Crippen molar-refractivity contribution in [2.75, 3.05) is 6.54 Å². The smallest absolute Gasteiger partial charge is 0.0767 e. The summed E-state index contributed by atoms with van der Waals surface area (Å²) >= 11 is 0. The van der Waals surface area contributed by atoms with Crippen LogP contribution in [0.5, 0.6) is 0 Å². The van der Waals surface area contributed by atoms with E-state index in [0.717, 1.165) is 31.5 Å². The molecule has 0 bridgehead atoms. The summed E-state index contributed by atoms with van der Waals surface area (Å²) < 4.78 is 2.06. The van der Waals surface area contributed by atoms with Crippen molar-refractivity contribution < 1.29 is 5.11 Å². The molecule has 104 valence electrons. The quantitative estimate of drug-likeness (QED) is 0.780. The molecule has 0 aliphatic rings. The molecule has 0 amide bonds. The fourth-order valence-electron chi connectivity index (χ4n) is 2.44. The van der Waals surface area contributed by atoms with Crippen molar-refractivity contribution in [3.05, 3.63) is 17.0 Å². The van der Waals surface area contributed by atoms with Gasteiger partial charge in [-0.1, -0.05) is 13.8 Å². The Bertz CT molecular complexity index is 381. The Hall–Kier alpha value is -0.870. The second-order valence-electron chi connectivity index (χ2n) is 5.11. The van der Waals surface area contributed by atoms with Gasteiger partial charge in [0.05, 0.1) is 11.3 Å². The minimum atomic E-state index is -0.705. The average molecular weight is 253 g/mol. The fourth-order valence-corrected chi connectivity index (χ4v) is 2.44. The fraction of sp³-hybridized carbons (Fsp3) is 0.786. The van der Waals surface area contributed by atoms with Crippen LogP contribution in [0.4, 0.5) is 0 Å². The van der Waals surface area contributed by atoms with Crippen LogP contribution in [0, 0.1) is 13.8 Å². The Morgan fingerprint density at radius 1 is 1.33 bits per heavy atom.